The van der Waals surface area contributed by atoms with Crippen LogP contribution in [0.2, 0.25) is 0 Å². The van der Waals surface area contributed by atoms with Crippen molar-refractivity contribution >= 4 is 11.9 Å². The zero-order valence-electron chi connectivity index (χ0n) is 14.4. The number of hydrogen-bond acceptors (Lipinski definition) is 3. The Morgan fingerprint density at radius 3 is 2.69 bits per heavy atom. The highest BCUT2D eigenvalue weighted by Gasteiger charge is 2.40. The summed E-state index contributed by atoms with van der Waals surface area (Å²) in [5, 5.41) is 5.65. The lowest BCUT2D eigenvalue weighted by molar-refractivity contribution is -0.126. The minimum Gasteiger partial charge on any atom is -0.497 e. The predicted molar refractivity (Wildman–Crippen MR) is 96.3 cm³/mol. The van der Waals surface area contributed by atoms with Gasteiger partial charge in [-0.1, -0.05) is 42.5 Å². The van der Waals surface area contributed by atoms with E-state index in [0.717, 1.165) is 16.9 Å². The van der Waals surface area contributed by atoms with E-state index in [1.54, 1.807) is 12.0 Å². The van der Waals surface area contributed by atoms with Gasteiger partial charge in [-0.2, -0.15) is 0 Å². The van der Waals surface area contributed by atoms with Crippen molar-refractivity contribution in [2.45, 2.75) is 12.6 Å². The Bertz CT molecular complexity index is 892. The summed E-state index contributed by atoms with van der Waals surface area (Å²) in [4.78, 5) is 26.8. The van der Waals surface area contributed by atoms with Crippen LogP contribution in [0, 0.1) is 0 Å². The van der Waals surface area contributed by atoms with Crippen LogP contribution in [0.4, 0.5) is 4.79 Å². The molecule has 26 heavy (non-hydrogen) atoms. The monoisotopic (exact) mass is 349 g/mol. The molecule has 0 radical (unpaired) electrons. The van der Waals surface area contributed by atoms with Crippen LogP contribution in [0.25, 0.3) is 0 Å². The first kappa shape index (κ1) is 16.2. The van der Waals surface area contributed by atoms with Crippen molar-refractivity contribution in [2.24, 2.45) is 0 Å². The van der Waals surface area contributed by atoms with Crippen LogP contribution in [0.5, 0.6) is 5.75 Å². The van der Waals surface area contributed by atoms with Gasteiger partial charge < -0.3 is 20.3 Å². The number of nitrogens with zero attached hydrogens (tertiary/aromatic N) is 1. The minimum absolute atomic E-state index is 0.0656. The lowest BCUT2D eigenvalue weighted by atomic mass is 9.96. The van der Waals surface area contributed by atoms with Gasteiger partial charge in [0.15, 0.2) is 0 Å². The van der Waals surface area contributed by atoms with Crippen LogP contribution in [0.15, 0.2) is 65.9 Å². The summed E-state index contributed by atoms with van der Waals surface area (Å²) in [6, 6.07) is 16.5. The third kappa shape index (κ3) is 2.90. The van der Waals surface area contributed by atoms with Crippen LogP contribution in [-0.4, -0.2) is 30.5 Å². The summed E-state index contributed by atoms with van der Waals surface area (Å²) < 4.78 is 5.25. The Morgan fingerprint density at radius 1 is 1.12 bits per heavy atom. The molecule has 2 aliphatic heterocycles. The molecule has 6 nitrogen and oxygen atoms in total. The normalized spacial score (nSPS) is 19.1. The van der Waals surface area contributed by atoms with Gasteiger partial charge in [0.2, 0.25) is 0 Å². The third-order valence-corrected chi connectivity index (χ3v) is 4.66. The summed E-state index contributed by atoms with van der Waals surface area (Å²) in [6.45, 7) is 0.850. The molecule has 0 aromatic heterocycles. The molecule has 0 fully saturated rings. The van der Waals surface area contributed by atoms with E-state index in [4.69, 9.17) is 4.74 Å². The first-order valence-electron chi connectivity index (χ1n) is 8.43. The van der Waals surface area contributed by atoms with E-state index in [2.05, 4.69) is 10.6 Å². The number of urea groups is 1. The highest BCUT2D eigenvalue weighted by Crippen LogP contribution is 2.33. The number of hydrogen-bond donors (Lipinski definition) is 2. The molecule has 1 atom stereocenters. The summed E-state index contributed by atoms with van der Waals surface area (Å²) in [6.07, 6.45) is 0. The number of ether oxygens (including phenoxy) is 1. The molecule has 2 heterocycles. The molecule has 0 bridgehead atoms. The molecular weight excluding hydrogens is 330 g/mol. The highest BCUT2D eigenvalue weighted by molar-refractivity contribution is 6.01. The molecule has 3 amide bonds. The Labute approximate surface area is 151 Å². The standard InChI is InChI=1S/C20H19N3O3/c1-26-15-9-5-6-13(10-15)11-23-12-16-17(19(23)24)18(22-20(25)21-16)14-7-3-2-4-8-14/h2-10,18H,11-12H2,1H3,(H2,21,22,25). The number of amides is 3. The Morgan fingerprint density at radius 2 is 1.92 bits per heavy atom. The summed E-state index contributed by atoms with van der Waals surface area (Å²) >= 11 is 0. The summed E-state index contributed by atoms with van der Waals surface area (Å²) in [5.74, 6) is 0.688. The maximum absolute atomic E-state index is 13.0. The second kappa shape index (κ2) is 6.55. The average Bonchev–Trinajstić information content (AvgIpc) is 2.97. The van der Waals surface area contributed by atoms with Gasteiger partial charge in [0.25, 0.3) is 5.91 Å². The number of benzene rings is 2. The maximum Gasteiger partial charge on any atom is 0.319 e. The zero-order chi connectivity index (χ0) is 18.1. The van der Waals surface area contributed by atoms with Gasteiger partial charge in [0.1, 0.15) is 5.75 Å². The van der Waals surface area contributed by atoms with E-state index < -0.39 is 6.04 Å². The Balaban J connectivity index is 1.60. The maximum atomic E-state index is 13.0. The van der Waals surface area contributed by atoms with Crippen molar-refractivity contribution in [3.05, 3.63) is 77.0 Å². The van der Waals surface area contributed by atoms with Crippen LogP contribution in [0.3, 0.4) is 0 Å². The highest BCUT2D eigenvalue weighted by atomic mass is 16.5. The van der Waals surface area contributed by atoms with Gasteiger partial charge in [0.05, 0.1) is 31.0 Å². The third-order valence-electron chi connectivity index (χ3n) is 4.66. The lowest BCUT2D eigenvalue weighted by Gasteiger charge is -2.25. The summed E-state index contributed by atoms with van der Waals surface area (Å²) in [5.41, 5.74) is 3.16. The van der Waals surface area contributed by atoms with E-state index in [-0.39, 0.29) is 11.9 Å². The lowest BCUT2D eigenvalue weighted by Crippen LogP contribution is -2.44. The average molecular weight is 349 g/mol. The fourth-order valence-electron chi connectivity index (χ4n) is 3.44. The predicted octanol–water partition coefficient (Wildman–Crippen LogP) is 2.35. The van der Waals surface area contributed by atoms with Gasteiger partial charge in [-0.15, -0.1) is 0 Å². The number of carbonyl (C=O) groups is 2. The van der Waals surface area contributed by atoms with Gasteiger partial charge in [-0.3, -0.25) is 4.79 Å². The SMILES string of the molecule is COc1cccc(CN2CC3=C(C2=O)C(c2ccccc2)NC(=O)N3)c1. The van der Waals surface area contributed by atoms with Crippen LogP contribution >= 0.6 is 0 Å². The van der Waals surface area contributed by atoms with Gasteiger partial charge in [-0.05, 0) is 23.3 Å². The van der Waals surface area contributed by atoms with Crippen molar-refractivity contribution < 1.29 is 14.3 Å². The molecule has 132 valence electrons. The first-order valence-corrected chi connectivity index (χ1v) is 8.43. The molecule has 2 N–H and O–H groups in total. The van der Waals surface area contributed by atoms with Crippen molar-refractivity contribution in [3.63, 3.8) is 0 Å². The Kier molecular flexibility index (Phi) is 4.08. The number of rotatable bonds is 4. The molecule has 0 spiro atoms. The molecule has 1 unspecified atom stereocenters. The van der Waals surface area contributed by atoms with E-state index >= 15 is 0 Å². The molecule has 6 heteroatoms. The number of carbonyl (C=O) groups excluding carboxylic acids is 2. The zero-order valence-corrected chi connectivity index (χ0v) is 14.4. The quantitative estimate of drug-likeness (QED) is 0.890. The first-order chi connectivity index (χ1) is 12.7. The van der Waals surface area contributed by atoms with E-state index in [9.17, 15) is 9.59 Å². The molecule has 2 aliphatic rings. The van der Waals surface area contributed by atoms with Gasteiger partial charge in [0, 0.05) is 6.54 Å². The molecule has 0 aliphatic carbocycles. The molecule has 0 saturated carbocycles. The van der Waals surface area contributed by atoms with Crippen molar-refractivity contribution in [1.82, 2.24) is 15.5 Å². The molecule has 2 aromatic carbocycles. The van der Waals surface area contributed by atoms with E-state index in [0.29, 0.717) is 24.4 Å². The Hall–Kier alpha value is -3.28. The van der Waals surface area contributed by atoms with Gasteiger partial charge in [-0.25, -0.2) is 4.79 Å². The summed E-state index contributed by atoms with van der Waals surface area (Å²) in [7, 11) is 1.62. The molecule has 0 saturated heterocycles. The van der Waals surface area contributed by atoms with Crippen molar-refractivity contribution in [1.29, 1.82) is 0 Å². The van der Waals surface area contributed by atoms with Crippen LogP contribution in [-0.2, 0) is 11.3 Å². The number of methoxy groups -OCH3 is 1. The van der Waals surface area contributed by atoms with E-state index in [1.165, 1.54) is 0 Å². The second-order valence-corrected chi connectivity index (χ2v) is 6.35. The molecular formula is C20H19N3O3. The molecule has 4 rings (SSSR count). The van der Waals surface area contributed by atoms with Gasteiger partial charge >= 0.3 is 6.03 Å². The number of nitrogens with one attached hydrogen (secondary N) is 2. The molecule has 2 aromatic rings. The van der Waals surface area contributed by atoms with Crippen LogP contribution < -0.4 is 15.4 Å². The second-order valence-electron chi connectivity index (χ2n) is 6.35. The van der Waals surface area contributed by atoms with Crippen molar-refractivity contribution in [3.8, 4) is 5.75 Å². The van der Waals surface area contributed by atoms with E-state index in [1.807, 2.05) is 54.6 Å². The smallest absolute Gasteiger partial charge is 0.319 e. The van der Waals surface area contributed by atoms with Crippen LogP contribution in [0.1, 0.15) is 17.2 Å². The fraction of sp³-hybridized carbons (Fsp3) is 0.200. The van der Waals surface area contributed by atoms with Crippen molar-refractivity contribution in [2.75, 3.05) is 13.7 Å². The fourth-order valence-corrected chi connectivity index (χ4v) is 3.44. The topological polar surface area (TPSA) is 70.7 Å². The minimum atomic E-state index is -0.428. The largest absolute Gasteiger partial charge is 0.497 e.